The highest BCUT2D eigenvalue weighted by Crippen LogP contribution is 2.18. The molecule has 8 heteroatoms. The summed E-state index contributed by atoms with van der Waals surface area (Å²) in [5.74, 6) is -0.756. The van der Waals surface area contributed by atoms with Crippen molar-refractivity contribution in [2.45, 2.75) is 19.9 Å². The Hall–Kier alpha value is -3.68. The second-order valence-corrected chi connectivity index (χ2v) is 5.86. The molecule has 0 aliphatic rings. The lowest BCUT2D eigenvalue weighted by atomic mass is 10.1. The Labute approximate surface area is 156 Å². The van der Waals surface area contributed by atoms with E-state index < -0.39 is 5.91 Å². The lowest BCUT2D eigenvalue weighted by Crippen LogP contribution is -2.21. The number of nitrogens with zero attached hydrogens (tertiary/aromatic N) is 3. The van der Waals surface area contributed by atoms with E-state index in [2.05, 4.69) is 20.9 Å². The molecule has 0 atom stereocenters. The number of carbonyl (C=O) groups is 2. The van der Waals surface area contributed by atoms with E-state index in [9.17, 15) is 9.59 Å². The van der Waals surface area contributed by atoms with Crippen LogP contribution in [0.1, 0.15) is 23.0 Å². The highest BCUT2D eigenvalue weighted by atomic mass is 16.2. The number of aromatic nitrogens is 3. The number of anilines is 3. The van der Waals surface area contributed by atoms with Gasteiger partial charge in [0.05, 0.1) is 0 Å². The predicted molar refractivity (Wildman–Crippen MR) is 103 cm³/mol. The van der Waals surface area contributed by atoms with Gasteiger partial charge >= 0.3 is 0 Å². The summed E-state index contributed by atoms with van der Waals surface area (Å²) in [5.41, 5.74) is 8.30. The van der Waals surface area contributed by atoms with Gasteiger partial charge in [-0.25, -0.2) is 4.68 Å². The summed E-state index contributed by atoms with van der Waals surface area (Å²) in [7, 11) is 0. The van der Waals surface area contributed by atoms with Crippen LogP contribution in [0.4, 0.5) is 17.2 Å². The monoisotopic (exact) mass is 364 g/mol. The number of aryl methyl sites for hydroxylation is 1. The highest BCUT2D eigenvalue weighted by molar-refractivity contribution is 6.06. The highest BCUT2D eigenvalue weighted by Gasteiger charge is 2.19. The number of carbonyl (C=O) groups excluding carboxylic acids is 2. The average molecular weight is 364 g/mol. The Morgan fingerprint density at radius 3 is 2.48 bits per heavy atom. The first-order valence-corrected chi connectivity index (χ1v) is 8.51. The molecule has 2 amide bonds. The first-order valence-electron chi connectivity index (χ1n) is 8.51. The number of hydrogen-bond acceptors (Lipinski definition) is 5. The smallest absolute Gasteiger partial charge is 0.280 e. The molecule has 27 heavy (non-hydrogen) atoms. The molecule has 0 aliphatic carbocycles. The van der Waals surface area contributed by atoms with Gasteiger partial charge in [-0.1, -0.05) is 48.5 Å². The van der Waals surface area contributed by atoms with Gasteiger partial charge in [0.1, 0.15) is 6.54 Å². The minimum absolute atomic E-state index is 0.0200. The summed E-state index contributed by atoms with van der Waals surface area (Å²) in [6.45, 7) is 1.85. The summed E-state index contributed by atoms with van der Waals surface area (Å²) in [6, 6.07) is 16.5. The molecule has 1 aromatic heterocycles. The van der Waals surface area contributed by atoms with E-state index in [1.165, 1.54) is 4.68 Å². The van der Waals surface area contributed by atoms with Crippen LogP contribution >= 0.6 is 0 Å². The van der Waals surface area contributed by atoms with Crippen LogP contribution in [0.25, 0.3) is 0 Å². The number of para-hydroxylation sites is 2. The van der Waals surface area contributed by atoms with E-state index in [4.69, 9.17) is 5.73 Å². The molecular weight excluding hydrogens is 344 g/mol. The zero-order valence-corrected chi connectivity index (χ0v) is 14.8. The SMILES string of the molecule is CCc1ccccc1NC(=O)c1nnn(CC(=O)Nc2ccccc2)c1N. The quantitative estimate of drug-likeness (QED) is 0.621. The van der Waals surface area contributed by atoms with Crippen molar-refractivity contribution >= 4 is 29.0 Å². The van der Waals surface area contributed by atoms with Crippen LogP contribution in [-0.2, 0) is 17.8 Å². The fraction of sp³-hybridized carbons (Fsp3) is 0.158. The van der Waals surface area contributed by atoms with Crippen LogP contribution in [0.15, 0.2) is 54.6 Å². The van der Waals surface area contributed by atoms with Crippen LogP contribution in [0, 0.1) is 0 Å². The van der Waals surface area contributed by atoms with Crippen LogP contribution < -0.4 is 16.4 Å². The fourth-order valence-electron chi connectivity index (χ4n) is 2.59. The van der Waals surface area contributed by atoms with Gasteiger partial charge in [0.25, 0.3) is 5.91 Å². The van der Waals surface area contributed by atoms with Crippen molar-refractivity contribution in [3.63, 3.8) is 0 Å². The summed E-state index contributed by atoms with van der Waals surface area (Å²) in [6.07, 6.45) is 0.776. The number of nitrogens with one attached hydrogen (secondary N) is 2. The van der Waals surface area contributed by atoms with Crippen LogP contribution in [0.3, 0.4) is 0 Å². The summed E-state index contributed by atoms with van der Waals surface area (Å²) in [5, 5.41) is 13.2. The third-order valence-electron chi connectivity index (χ3n) is 3.99. The van der Waals surface area contributed by atoms with Gasteiger partial charge in [-0.2, -0.15) is 0 Å². The molecule has 3 rings (SSSR count). The van der Waals surface area contributed by atoms with E-state index >= 15 is 0 Å². The van der Waals surface area contributed by atoms with Crippen molar-refractivity contribution in [1.29, 1.82) is 0 Å². The molecule has 0 radical (unpaired) electrons. The minimum atomic E-state index is -0.469. The molecule has 0 fully saturated rings. The molecule has 0 bridgehead atoms. The Morgan fingerprint density at radius 2 is 1.74 bits per heavy atom. The topological polar surface area (TPSA) is 115 Å². The van der Waals surface area contributed by atoms with Gasteiger partial charge in [-0.3, -0.25) is 9.59 Å². The molecule has 4 N–H and O–H groups in total. The van der Waals surface area contributed by atoms with Crippen LogP contribution in [-0.4, -0.2) is 26.8 Å². The molecule has 0 spiro atoms. The first-order chi connectivity index (χ1) is 13.1. The van der Waals surface area contributed by atoms with E-state index in [-0.39, 0.29) is 24.0 Å². The second kappa shape index (κ2) is 8.13. The molecule has 2 aromatic carbocycles. The Morgan fingerprint density at radius 1 is 1.04 bits per heavy atom. The molecule has 0 saturated carbocycles. The molecule has 3 aromatic rings. The molecule has 0 unspecified atom stereocenters. The van der Waals surface area contributed by atoms with Crippen molar-refractivity contribution in [1.82, 2.24) is 15.0 Å². The number of nitrogen functional groups attached to an aromatic ring is 1. The number of benzene rings is 2. The summed E-state index contributed by atoms with van der Waals surface area (Å²) >= 11 is 0. The van der Waals surface area contributed by atoms with Gasteiger partial charge in [0, 0.05) is 11.4 Å². The van der Waals surface area contributed by atoms with Gasteiger partial charge < -0.3 is 16.4 Å². The average Bonchev–Trinajstić information content (AvgIpc) is 3.03. The Balaban J connectivity index is 1.69. The number of amides is 2. The summed E-state index contributed by atoms with van der Waals surface area (Å²) < 4.78 is 1.19. The van der Waals surface area contributed by atoms with E-state index in [0.29, 0.717) is 11.4 Å². The fourth-order valence-corrected chi connectivity index (χ4v) is 2.59. The normalized spacial score (nSPS) is 10.4. The maximum Gasteiger partial charge on any atom is 0.280 e. The van der Waals surface area contributed by atoms with Crippen molar-refractivity contribution in [2.24, 2.45) is 0 Å². The number of hydrogen-bond donors (Lipinski definition) is 3. The Kier molecular flexibility index (Phi) is 5.46. The third kappa shape index (κ3) is 4.30. The zero-order valence-electron chi connectivity index (χ0n) is 14.8. The standard InChI is InChI=1S/C19H20N6O2/c1-2-13-8-6-7-11-15(13)22-19(27)17-18(20)25(24-23-17)12-16(26)21-14-9-4-3-5-10-14/h3-11H,2,12,20H2,1H3,(H,21,26)(H,22,27). The molecule has 138 valence electrons. The largest absolute Gasteiger partial charge is 0.382 e. The number of rotatable bonds is 6. The maximum atomic E-state index is 12.5. The van der Waals surface area contributed by atoms with Crippen molar-refractivity contribution in [2.75, 3.05) is 16.4 Å². The van der Waals surface area contributed by atoms with Gasteiger partial charge in [-0.05, 0) is 30.2 Å². The predicted octanol–water partition coefficient (Wildman–Crippen LogP) is 2.31. The lowest BCUT2D eigenvalue weighted by molar-refractivity contribution is -0.116. The van der Waals surface area contributed by atoms with Gasteiger partial charge in [0.2, 0.25) is 5.91 Å². The van der Waals surface area contributed by atoms with Crippen molar-refractivity contribution in [3.05, 3.63) is 65.9 Å². The molecule has 0 saturated heterocycles. The van der Waals surface area contributed by atoms with Crippen molar-refractivity contribution in [3.8, 4) is 0 Å². The minimum Gasteiger partial charge on any atom is -0.382 e. The zero-order chi connectivity index (χ0) is 19.2. The molecule has 0 aliphatic heterocycles. The number of nitrogens with two attached hydrogens (primary N) is 1. The summed E-state index contributed by atoms with van der Waals surface area (Å²) in [4.78, 5) is 24.6. The van der Waals surface area contributed by atoms with Crippen LogP contribution in [0.2, 0.25) is 0 Å². The molecule has 1 heterocycles. The first kappa shape index (κ1) is 18.1. The second-order valence-electron chi connectivity index (χ2n) is 5.86. The lowest BCUT2D eigenvalue weighted by Gasteiger charge is -2.09. The Bertz CT molecular complexity index is 952. The van der Waals surface area contributed by atoms with E-state index in [0.717, 1.165) is 12.0 Å². The third-order valence-corrected chi connectivity index (χ3v) is 3.99. The van der Waals surface area contributed by atoms with E-state index in [1.807, 2.05) is 49.4 Å². The van der Waals surface area contributed by atoms with Gasteiger partial charge in [-0.15, -0.1) is 5.10 Å². The van der Waals surface area contributed by atoms with Crippen LogP contribution in [0.5, 0.6) is 0 Å². The van der Waals surface area contributed by atoms with Gasteiger partial charge in [0.15, 0.2) is 11.5 Å². The maximum absolute atomic E-state index is 12.5. The molecular formula is C19H20N6O2. The van der Waals surface area contributed by atoms with E-state index in [1.54, 1.807) is 12.1 Å². The van der Waals surface area contributed by atoms with Crippen molar-refractivity contribution < 1.29 is 9.59 Å². The molecule has 8 nitrogen and oxygen atoms in total.